The molecule has 1 aromatic carbocycles. The molecule has 0 saturated heterocycles. The summed E-state index contributed by atoms with van der Waals surface area (Å²) in [4.78, 5) is 14.0. The van der Waals surface area contributed by atoms with Crippen LogP contribution in [0.2, 0.25) is 10.0 Å². The first-order valence-corrected chi connectivity index (χ1v) is 6.89. The molecular weight excluding hydrogens is 287 g/mol. The van der Waals surface area contributed by atoms with Crippen LogP contribution in [-0.2, 0) is 4.74 Å². The average molecular weight is 305 g/mol. The van der Waals surface area contributed by atoms with E-state index in [1.165, 1.54) is 12.1 Å². The number of nitrogens with zero attached hydrogens (tertiary/aromatic N) is 1. The van der Waals surface area contributed by atoms with E-state index in [0.29, 0.717) is 18.7 Å². The van der Waals surface area contributed by atoms with Gasteiger partial charge in [-0.05, 0) is 25.2 Å². The zero-order valence-electron chi connectivity index (χ0n) is 11.1. The van der Waals surface area contributed by atoms with E-state index in [9.17, 15) is 4.79 Å². The number of anilines is 1. The molecular formula is C13H18Cl2N2O2. The fraction of sp³-hybridized carbons (Fsp3) is 0.462. The summed E-state index contributed by atoms with van der Waals surface area (Å²) in [6, 6.07) is 2.92. The van der Waals surface area contributed by atoms with Crippen LogP contribution in [0.15, 0.2) is 12.1 Å². The summed E-state index contributed by atoms with van der Waals surface area (Å²) in [6.45, 7) is 7.01. The molecule has 2 N–H and O–H groups in total. The minimum Gasteiger partial charge on any atom is -0.461 e. The number of benzene rings is 1. The van der Waals surface area contributed by atoms with Gasteiger partial charge in [0.1, 0.15) is 6.61 Å². The number of nitrogen functional groups attached to an aromatic ring is 1. The van der Waals surface area contributed by atoms with Crippen molar-refractivity contribution in [3.8, 4) is 0 Å². The molecule has 0 atom stereocenters. The van der Waals surface area contributed by atoms with Crippen LogP contribution in [0.5, 0.6) is 0 Å². The largest absolute Gasteiger partial charge is 0.461 e. The molecule has 19 heavy (non-hydrogen) atoms. The Morgan fingerprint density at radius 1 is 1.32 bits per heavy atom. The van der Waals surface area contributed by atoms with Gasteiger partial charge >= 0.3 is 5.97 Å². The summed E-state index contributed by atoms with van der Waals surface area (Å²) < 4.78 is 5.17. The first-order valence-electron chi connectivity index (χ1n) is 6.13. The second-order valence-electron chi connectivity index (χ2n) is 4.02. The Balaban J connectivity index is 2.59. The maximum absolute atomic E-state index is 11.8. The molecule has 106 valence electrons. The Kier molecular flexibility index (Phi) is 6.42. The summed E-state index contributed by atoms with van der Waals surface area (Å²) in [7, 11) is 0. The van der Waals surface area contributed by atoms with E-state index in [1.54, 1.807) is 0 Å². The Bertz CT molecular complexity index is 425. The molecule has 0 aliphatic carbocycles. The maximum Gasteiger partial charge on any atom is 0.338 e. The van der Waals surface area contributed by atoms with Crippen molar-refractivity contribution < 1.29 is 9.53 Å². The minimum absolute atomic E-state index is 0.248. The van der Waals surface area contributed by atoms with Crippen molar-refractivity contribution in [3.05, 3.63) is 27.7 Å². The van der Waals surface area contributed by atoms with Gasteiger partial charge in [-0.1, -0.05) is 37.0 Å². The van der Waals surface area contributed by atoms with Gasteiger partial charge in [0.25, 0.3) is 0 Å². The first kappa shape index (κ1) is 16.1. The van der Waals surface area contributed by atoms with Gasteiger partial charge in [0.2, 0.25) is 0 Å². The molecule has 0 aliphatic heterocycles. The summed E-state index contributed by atoms with van der Waals surface area (Å²) in [5.41, 5.74) is 6.23. The van der Waals surface area contributed by atoms with Crippen LogP contribution in [0.25, 0.3) is 0 Å². The summed E-state index contributed by atoms with van der Waals surface area (Å²) >= 11 is 11.7. The van der Waals surface area contributed by atoms with Gasteiger partial charge in [-0.2, -0.15) is 0 Å². The summed E-state index contributed by atoms with van der Waals surface area (Å²) in [6.07, 6.45) is 0. The lowest BCUT2D eigenvalue weighted by atomic mass is 10.2. The maximum atomic E-state index is 11.8. The fourth-order valence-electron chi connectivity index (χ4n) is 1.62. The van der Waals surface area contributed by atoms with E-state index in [2.05, 4.69) is 18.7 Å². The second-order valence-corrected chi connectivity index (χ2v) is 4.81. The first-order chi connectivity index (χ1) is 8.99. The van der Waals surface area contributed by atoms with Crippen molar-refractivity contribution in [2.24, 2.45) is 0 Å². The molecule has 1 aromatic rings. The number of esters is 1. The van der Waals surface area contributed by atoms with Crippen molar-refractivity contribution in [2.45, 2.75) is 13.8 Å². The molecule has 0 bridgehead atoms. The lowest BCUT2D eigenvalue weighted by molar-refractivity contribution is 0.0466. The third-order valence-electron chi connectivity index (χ3n) is 2.83. The molecule has 0 unspecified atom stereocenters. The van der Waals surface area contributed by atoms with Crippen molar-refractivity contribution >= 4 is 34.9 Å². The van der Waals surface area contributed by atoms with Crippen molar-refractivity contribution in [3.63, 3.8) is 0 Å². The summed E-state index contributed by atoms with van der Waals surface area (Å²) in [5.74, 6) is -0.447. The molecule has 0 saturated carbocycles. The van der Waals surface area contributed by atoms with E-state index in [0.717, 1.165) is 13.1 Å². The smallest absolute Gasteiger partial charge is 0.338 e. The van der Waals surface area contributed by atoms with Crippen LogP contribution in [0.1, 0.15) is 24.2 Å². The van der Waals surface area contributed by atoms with Gasteiger partial charge in [-0.3, -0.25) is 0 Å². The number of likely N-dealkylation sites (N-methyl/N-ethyl adjacent to an activating group) is 1. The number of halogens is 2. The number of rotatable bonds is 6. The van der Waals surface area contributed by atoms with E-state index in [1.807, 2.05) is 0 Å². The molecule has 0 aromatic heterocycles. The number of hydrogen-bond donors (Lipinski definition) is 1. The Labute approximate surface area is 123 Å². The molecule has 0 amide bonds. The number of carbonyl (C=O) groups is 1. The minimum atomic E-state index is -0.447. The van der Waals surface area contributed by atoms with Crippen LogP contribution >= 0.6 is 23.2 Å². The van der Waals surface area contributed by atoms with Crippen LogP contribution in [0.4, 0.5) is 5.69 Å². The lowest BCUT2D eigenvalue weighted by Gasteiger charge is -2.17. The standard InChI is InChI=1S/C13H18Cl2N2O2/c1-3-17(4-2)5-6-19-13(18)9-7-10(14)12(15)11(16)8-9/h7-8H,3-6,16H2,1-2H3. The quantitative estimate of drug-likeness (QED) is 0.648. The van der Waals surface area contributed by atoms with Crippen LogP contribution in [0.3, 0.4) is 0 Å². The van der Waals surface area contributed by atoms with Crippen molar-refractivity contribution in [2.75, 3.05) is 32.0 Å². The molecule has 0 spiro atoms. The lowest BCUT2D eigenvalue weighted by Crippen LogP contribution is -2.27. The van der Waals surface area contributed by atoms with Crippen LogP contribution < -0.4 is 5.73 Å². The highest BCUT2D eigenvalue weighted by Gasteiger charge is 2.12. The third-order valence-corrected chi connectivity index (χ3v) is 3.64. The Morgan fingerprint density at radius 2 is 1.95 bits per heavy atom. The molecule has 6 heteroatoms. The highest BCUT2D eigenvalue weighted by atomic mass is 35.5. The van der Waals surface area contributed by atoms with Gasteiger partial charge in [0.15, 0.2) is 0 Å². The van der Waals surface area contributed by atoms with Gasteiger partial charge < -0.3 is 15.4 Å². The molecule has 0 aliphatic rings. The Morgan fingerprint density at radius 3 is 2.47 bits per heavy atom. The van der Waals surface area contributed by atoms with Gasteiger partial charge in [-0.25, -0.2) is 4.79 Å². The topological polar surface area (TPSA) is 55.6 Å². The third kappa shape index (κ3) is 4.56. The predicted octanol–water partition coefficient (Wildman–Crippen LogP) is 3.07. The highest BCUT2D eigenvalue weighted by Crippen LogP contribution is 2.29. The van der Waals surface area contributed by atoms with Gasteiger partial charge in [-0.15, -0.1) is 0 Å². The zero-order valence-corrected chi connectivity index (χ0v) is 12.6. The SMILES string of the molecule is CCN(CC)CCOC(=O)c1cc(N)c(Cl)c(Cl)c1. The van der Waals surface area contributed by atoms with E-state index < -0.39 is 5.97 Å². The highest BCUT2D eigenvalue weighted by molar-refractivity contribution is 6.43. The normalized spacial score (nSPS) is 10.8. The average Bonchev–Trinajstić information content (AvgIpc) is 2.40. The van der Waals surface area contributed by atoms with E-state index in [-0.39, 0.29) is 15.7 Å². The molecule has 4 nitrogen and oxygen atoms in total. The van der Waals surface area contributed by atoms with Gasteiger partial charge in [0.05, 0.1) is 21.3 Å². The molecule has 0 radical (unpaired) electrons. The van der Waals surface area contributed by atoms with Crippen LogP contribution in [0, 0.1) is 0 Å². The van der Waals surface area contributed by atoms with Crippen molar-refractivity contribution in [1.82, 2.24) is 4.90 Å². The number of carbonyl (C=O) groups excluding carboxylic acids is 1. The van der Waals surface area contributed by atoms with Crippen LogP contribution in [-0.4, -0.2) is 37.1 Å². The molecule has 0 fully saturated rings. The zero-order chi connectivity index (χ0) is 14.4. The molecule has 0 heterocycles. The summed E-state index contributed by atoms with van der Waals surface area (Å²) in [5, 5.41) is 0.499. The number of ether oxygens (including phenoxy) is 1. The number of hydrogen-bond acceptors (Lipinski definition) is 4. The number of nitrogens with two attached hydrogens (primary N) is 1. The predicted molar refractivity (Wildman–Crippen MR) is 78.9 cm³/mol. The van der Waals surface area contributed by atoms with Gasteiger partial charge in [0, 0.05) is 6.54 Å². The molecule has 1 rings (SSSR count). The fourth-order valence-corrected chi connectivity index (χ4v) is 1.95. The van der Waals surface area contributed by atoms with E-state index >= 15 is 0 Å². The van der Waals surface area contributed by atoms with E-state index in [4.69, 9.17) is 33.7 Å². The Hall–Kier alpha value is -0.970. The monoisotopic (exact) mass is 304 g/mol. The second kappa shape index (κ2) is 7.58. The van der Waals surface area contributed by atoms with Crippen molar-refractivity contribution in [1.29, 1.82) is 0 Å².